The van der Waals surface area contributed by atoms with Crippen molar-refractivity contribution < 1.29 is 23.9 Å². The van der Waals surface area contributed by atoms with Crippen molar-refractivity contribution in [3.8, 4) is 5.75 Å². The van der Waals surface area contributed by atoms with Gasteiger partial charge in [0.2, 0.25) is 0 Å². The lowest BCUT2D eigenvalue weighted by Gasteiger charge is -2.11. The maximum absolute atomic E-state index is 12.4. The molecule has 7 nitrogen and oxygen atoms in total. The number of esters is 1. The van der Waals surface area contributed by atoms with Crippen molar-refractivity contribution in [3.63, 3.8) is 0 Å². The Morgan fingerprint density at radius 1 is 1.27 bits per heavy atom. The number of benzene rings is 2. The number of hydrogen-bond acceptors (Lipinski definition) is 5. The third-order valence-electron chi connectivity index (χ3n) is 4.11. The Bertz CT molecular complexity index is 1020. The number of urea groups is 1. The molecule has 1 aliphatic rings. The van der Waals surface area contributed by atoms with Gasteiger partial charge in [0.1, 0.15) is 18.8 Å². The minimum atomic E-state index is -0.695. The van der Waals surface area contributed by atoms with E-state index in [-0.39, 0.29) is 5.70 Å². The number of rotatable bonds is 6. The van der Waals surface area contributed by atoms with Gasteiger partial charge >= 0.3 is 12.0 Å². The van der Waals surface area contributed by atoms with Crippen molar-refractivity contribution >= 4 is 74.1 Å². The van der Waals surface area contributed by atoms with Crippen LogP contribution in [0.2, 0.25) is 5.02 Å². The number of hydrogen-bond donors (Lipinski definition) is 1. The number of amides is 3. The van der Waals surface area contributed by atoms with E-state index in [0.29, 0.717) is 27.4 Å². The second-order valence-electron chi connectivity index (χ2n) is 6.18. The number of methoxy groups -OCH3 is 1. The average molecular weight is 606 g/mol. The van der Waals surface area contributed by atoms with Crippen LogP contribution < -0.4 is 10.1 Å². The third-order valence-corrected chi connectivity index (χ3v) is 5.69. The highest BCUT2D eigenvalue weighted by Gasteiger charge is 2.35. The molecule has 30 heavy (non-hydrogen) atoms. The van der Waals surface area contributed by atoms with Gasteiger partial charge in [-0.05, 0) is 80.0 Å². The number of ether oxygens (including phenoxy) is 2. The first-order valence-corrected chi connectivity index (χ1v) is 10.8. The summed E-state index contributed by atoms with van der Waals surface area (Å²) in [7, 11) is 1.18. The van der Waals surface area contributed by atoms with Crippen LogP contribution in [0.4, 0.5) is 4.79 Å². The second-order valence-corrected chi connectivity index (χ2v) is 8.69. The van der Waals surface area contributed by atoms with Gasteiger partial charge in [-0.25, -0.2) is 9.69 Å². The van der Waals surface area contributed by atoms with Gasteiger partial charge in [0.15, 0.2) is 5.75 Å². The van der Waals surface area contributed by atoms with E-state index in [4.69, 9.17) is 16.3 Å². The first kappa shape index (κ1) is 22.6. The Balaban J connectivity index is 1.76. The van der Waals surface area contributed by atoms with Crippen LogP contribution in [0.1, 0.15) is 11.1 Å². The van der Waals surface area contributed by atoms with Crippen molar-refractivity contribution in [3.05, 3.63) is 66.3 Å². The van der Waals surface area contributed by atoms with Crippen molar-refractivity contribution in [2.45, 2.75) is 6.61 Å². The Labute approximate surface area is 199 Å². The van der Waals surface area contributed by atoms with Crippen LogP contribution in [0.3, 0.4) is 0 Å². The fourth-order valence-corrected chi connectivity index (χ4v) is 3.96. The fourth-order valence-electron chi connectivity index (χ4n) is 2.61. The second kappa shape index (κ2) is 9.80. The van der Waals surface area contributed by atoms with Crippen molar-refractivity contribution in [1.82, 2.24) is 10.2 Å². The monoisotopic (exact) mass is 604 g/mol. The van der Waals surface area contributed by atoms with Gasteiger partial charge in [-0.1, -0.05) is 23.7 Å². The number of carbonyl (C=O) groups is 3. The molecule has 3 rings (SSSR count). The van der Waals surface area contributed by atoms with Crippen LogP contribution in [0.15, 0.2) is 46.6 Å². The largest absolute Gasteiger partial charge is 0.486 e. The van der Waals surface area contributed by atoms with Gasteiger partial charge in [-0.15, -0.1) is 0 Å². The standard InChI is InChI=1S/C20H15BrClIN2O5/c1-29-17(26)9-25-19(27)16(24-20(25)28)8-12-6-14(21)18(15(22)7-12)30-10-11-2-4-13(23)5-3-11/h2-8H,9-10H2,1H3,(H,24,28)/b16-8+. The Morgan fingerprint density at radius 3 is 2.60 bits per heavy atom. The summed E-state index contributed by atoms with van der Waals surface area (Å²) in [5.74, 6) is -0.858. The molecular formula is C20H15BrClIN2O5. The van der Waals surface area contributed by atoms with E-state index in [1.165, 1.54) is 13.2 Å². The maximum atomic E-state index is 12.4. The summed E-state index contributed by atoms with van der Waals surface area (Å²) >= 11 is 12.0. The van der Waals surface area contributed by atoms with Crippen LogP contribution in [-0.4, -0.2) is 36.5 Å². The van der Waals surface area contributed by atoms with Crippen molar-refractivity contribution in [2.75, 3.05) is 13.7 Å². The highest BCUT2D eigenvalue weighted by Crippen LogP contribution is 2.36. The molecular weight excluding hydrogens is 590 g/mol. The van der Waals surface area contributed by atoms with Crippen molar-refractivity contribution in [1.29, 1.82) is 0 Å². The molecule has 10 heteroatoms. The van der Waals surface area contributed by atoms with Crippen LogP contribution in [-0.2, 0) is 20.9 Å². The first-order chi connectivity index (χ1) is 14.3. The summed E-state index contributed by atoms with van der Waals surface area (Å²) in [6.45, 7) is -0.124. The van der Waals surface area contributed by atoms with E-state index in [1.54, 1.807) is 12.1 Å². The molecule has 1 saturated heterocycles. The van der Waals surface area contributed by atoms with Gasteiger partial charge in [-0.3, -0.25) is 9.59 Å². The van der Waals surface area contributed by atoms with E-state index in [1.807, 2.05) is 24.3 Å². The Morgan fingerprint density at radius 2 is 1.97 bits per heavy atom. The lowest BCUT2D eigenvalue weighted by atomic mass is 10.1. The molecule has 1 fully saturated rings. The van der Waals surface area contributed by atoms with E-state index in [9.17, 15) is 14.4 Å². The van der Waals surface area contributed by atoms with E-state index >= 15 is 0 Å². The summed E-state index contributed by atoms with van der Waals surface area (Å²) in [4.78, 5) is 36.5. The molecule has 0 spiro atoms. The summed E-state index contributed by atoms with van der Waals surface area (Å²) in [5, 5.41) is 2.77. The molecule has 2 aromatic rings. The predicted octanol–water partition coefficient (Wildman–Crippen LogP) is 4.35. The van der Waals surface area contributed by atoms with E-state index in [0.717, 1.165) is 14.0 Å². The third kappa shape index (κ3) is 5.32. The molecule has 2 aromatic carbocycles. The van der Waals surface area contributed by atoms with Gasteiger partial charge in [0.05, 0.1) is 16.6 Å². The topological polar surface area (TPSA) is 84.9 Å². The smallest absolute Gasteiger partial charge is 0.329 e. The zero-order valence-corrected chi connectivity index (χ0v) is 20.1. The molecule has 0 saturated carbocycles. The minimum Gasteiger partial charge on any atom is -0.486 e. The molecule has 0 atom stereocenters. The Hall–Kier alpha value is -2.11. The summed E-state index contributed by atoms with van der Waals surface area (Å²) in [5.41, 5.74) is 1.59. The molecule has 1 heterocycles. The molecule has 1 aliphatic heterocycles. The first-order valence-electron chi connectivity index (χ1n) is 8.56. The lowest BCUT2D eigenvalue weighted by Crippen LogP contribution is -2.36. The van der Waals surface area contributed by atoms with Gasteiger partial charge in [0, 0.05) is 3.57 Å². The van der Waals surface area contributed by atoms with Gasteiger partial charge < -0.3 is 14.8 Å². The summed E-state index contributed by atoms with van der Waals surface area (Å²) in [6.07, 6.45) is 1.47. The summed E-state index contributed by atoms with van der Waals surface area (Å²) in [6, 6.07) is 10.5. The van der Waals surface area contributed by atoms with E-state index in [2.05, 4.69) is 48.6 Å². The SMILES string of the molecule is COC(=O)CN1C(=O)N/C(=C/c2cc(Cl)c(OCc3ccc(I)cc3)c(Br)c2)C1=O. The maximum Gasteiger partial charge on any atom is 0.329 e. The molecule has 0 aliphatic carbocycles. The van der Waals surface area contributed by atoms with Crippen LogP contribution in [0.25, 0.3) is 6.08 Å². The van der Waals surface area contributed by atoms with Crippen LogP contribution in [0, 0.1) is 3.57 Å². The zero-order chi connectivity index (χ0) is 21.8. The lowest BCUT2D eigenvalue weighted by molar-refractivity contribution is -0.143. The minimum absolute atomic E-state index is 0.0272. The van der Waals surface area contributed by atoms with Crippen LogP contribution in [0.5, 0.6) is 5.75 Å². The molecule has 1 N–H and O–H groups in total. The quantitative estimate of drug-likeness (QED) is 0.229. The highest BCUT2D eigenvalue weighted by atomic mass is 127. The average Bonchev–Trinajstić information content (AvgIpc) is 2.96. The number of halogens is 3. The molecule has 156 valence electrons. The number of imide groups is 1. The number of nitrogens with one attached hydrogen (secondary N) is 1. The van der Waals surface area contributed by atoms with Crippen LogP contribution >= 0.6 is 50.1 Å². The van der Waals surface area contributed by atoms with Crippen molar-refractivity contribution in [2.24, 2.45) is 0 Å². The molecule has 3 amide bonds. The number of carbonyl (C=O) groups excluding carboxylic acids is 3. The molecule has 0 bridgehead atoms. The number of nitrogens with zero attached hydrogens (tertiary/aromatic N) is 1. The van der Waals surface area contributed by atoms with Gasteiger partial charge in [-0.2, -0.15) is 0 Å². The molecule has 0 radical (unpaired) electrons. The molecule has 0 unspecified atom stereocenters. The predicted molar refractivity (Wildman–Crippen MR) is 123 cm³/mol. The summed E-state index contributed by atoms with van der Waals surface area (Å²) < 4.78 is 12.1. The fraction of sp³-hybridized carbons (Fsp3) is 0.150. The highest BCUT2D eigenvalue weighted by molar-refractivity contribution is 14.1. The molecule has 0 aromatic heterocycles. The van der Waals surface area contributed by atoms with E-state index < -0.39 is 24.5 Å². The normalized spacial score (nSPS) is 14.8. The Kier molecular flexibility index (Phi) is 7.37. The van der Waals surface area contributed by atoms with Gasteiger partial charge in [0.25, 0.3) is 5.91 Å². The zero-order valence-electron chi connectivity index (χ0n) is 15.6.